The van der Waals surface area contributed by atoms with Gasteiger partial charge in [0.15, 0.2) is 0 Å². The number of imidazole rings is 1. The van der Waals surface area contributed by atoms with Gasteiger partial charge in [-0.1, -0.05) is 0 Å². The van der Waals surface area contributed by atoms with E-state index in [2.05, 4.69) is 15.7 Å². The van der Waals surface area contributed by atoms with Crippen LogP contribution in [-0.2, 0) is 9.59 Å². The lowest BCUT2D eigenvalue weighted by Crippen LogP contribution is -2.32. The Bertz CT molecular complexity index is 331. The van der Waals surface area contributed by atoms with Gasteiger partial charge in [0.05, 0.1) is 12.7 Å². The molecular formula is C8H14N4O6. The first kappa shape index (κ1) is 17.8. The molecule has 1 heterocycles. The lowest BCUT2D eigenvalue weighted by molar-refractivity contribution is -0.144. The van der Waals surface area contributed by atoms with Gasteiger partial charge in [-0.15, -0.1) is 0 Å². The smallest absolute Gasteiger partial charge is 0.402 e. The van der Waals surface area contributed by atoms with Crippen LogP contribution in [0.25, 0.3) is 0 Å². The van der Waals surface area contributed by atoms with Gasteiger partial charge in [-0.3, -0.25) is 9.59 Å². The summed E-state index contributed by atoms with van der Waals surface area (Å²) in [5, 5.41) is 23.2. The number of carboxylic acid groups (broad SMARTS) is 3. The lowest BCUT2D eigenvalue weighted by Gasteiger charge is -1.99. The Hall–Kier alpha value is -2.62. The Morgan fingerprint density at radius 3 is 1.89 bits per heavy atom. The number of H-pyrrole nitrogens is 1. The van der Waals surface area contributed by atoms with Gasteiger partial charge in [-0.05, 0) is 0 Å². The third kappa shape index (κ3) is 19.0. The van der Waals surface area contributed by atoms with E-state index in [0.29, 0.717) is 0 Å². The first-order chi connectivity index (χ1) is 8.27. The van der Waals surface area contributed by atoms with Crippen molar-refractivity contribution in [2.75, 3.05) is 0 Å². The fourth-order valence-corrected chi connectivity index (χ4v) is 0.491. The summed E-state index contributed by atoms with van der Waals surface area (Å²) in [6.45, 7) is 0. The van der Waals surface area contributed by atoms with Crippen molar-refractivity contribution in [1.82, 2.24) is 9.97 Å². The number of rotatable bonds is 3. The molecule has 0 fully saturated rings. The zero-order valence-electron chi connectivity index (χ0n) is 9.18. The molecule has 0 aliphatic rings. The summed E-state index contributed by atoms with van der Waals surface area (Å²) >= 11 is 0. The Kier molecular flexibility index (Phi) is 10.7. The van der Waals surface area contributed by atoms with E-state index in [1.54, 1.807) is 18.7 Å². The van der Waals surface area contributed by atoms with Crippen LogP contribution in [0.5, 0.6) is 0 Å². The highest BCUT2D eigenvalue weighted by atomic mass is 16.4. The predicted molar refractivity (Wildman–Crippen MR) is 58.7 cm³/mol. The lowest BCUT2D eigenvalue weighted by atomic mass is 10.2. The number of hydrogen-bond acceptors (Lipinski definition) is 5. The van der Waals surface area contributed by atoms with E-state index in [0.717, 1.165) is 0 Å². The Labute approximate surface area is 101 Å². The van der Waals surface area contributed by atoms with Gasteiger partial charge >= 0.3 is 18.0 Å². The quantitative estimate of drug-likeness (QED) is 0.395. The molecule has 1 rings (SSSR count). The second kappa shape index (κ2) is 10.9. The van der Waals surface area contributed by atoms with Crippen molar-refractivity contribution in [2.45, 2.75) is 12.5 Å². The molecule has 0 radical (unpaired) electrons. The van der Waals surface area contributed by atoms with Crippen LogP contribution < -0.4 is 11.5 Å². The summed E-state index contributed by atoms with van der Waals surface area (Å²) in [6.07, 6.45) is 3.22. The van der Waals surface area contributed by atoms with Gasteiger partial charge < -0.3 is 31.8 Å². The number of aromatic amines is 1. The highest BCUT2D eigenvalue weighted by Gasteiger charge is 2.14. The van der Waals surface area contributed by atoms with E-state index in [4.69, 9.17) is 25.8 Å². The molecule has 0 aliphatic carbocycles. The van der Waals surface area contributed by atoms with Crippen molar-refractivity contribution in [3.05, 3.63) is 18.7 Å². The molecule has 1 atom stereocenters. The number of aromatic nitrogens is 2. The number of nitrogens with two attached hydrogens (primary N) is 2. The first-order valence-electron chi connectivity index (χ1n) is 4.38. The minimum absolute atomic E-state index is 0.532. The van der Waals surface area contributed by atoms with Gasteiger partial charge in [0.1, 0.15) is 6.04 Å². The molecule has 0 aliphatic heterocycles. The maximum atomic E-state index is 9.85. The normalized spacial score (nSPS) is 9.83. The average molecular weight is 262 g/mol. The van der Waals surface area contributed by atoms with Crippen molar-refractivity contribution in [3.63, 3.8) is 0 Å². The molecule has 0 bridgehead atoms. The molecule has 8 N–H and O–H groups in total. The third-order valence-electron chi connectivity index (χ3n) is 1.12. The second-order valence-electron chi connectivity index (χ2n) is 2.64. The molecule has 18 heavy (non-hydrogen) atoms. The van der Waals surface area contributed by atoms with E-state index in [1.807, 2.05) is 0 Å². The van der Waals surface area contributed by atoms with Crippen LogP contribution in [0.3, 0.4) is 0 Å². The summed E-state index contributed by atoms with van der Waals surface area (Å²) in [6, 6.07) is -1.29. The van der Waals surface area contributed by atoms with Crippen LogP contribution in [0.15, 0.2) is 18.7 Å². The first-order valence-corrected chi connectivity index (χ1v) is 4.38. The van der Waals surface area contributed by atoms with Crippen LogP contribution in [0.2, 0.25) is 0 Å². The van der Waals surface area contributed by atoms with E-state index in [-0.39, 0.29) is 0 Å². The van der Waals surface area contributed by atoms with Crippen molar-refractivity contribution < 1.29 is 29.7 Å². The summed E-state index contributed by atoms with van der Waals surface area (Å²) in [4.78, 5) is 34.8. The van der Waals surface area contributed by atoms with E-state index >= 15 is 0 Å². The van der Waals surface area contributed by atoms with Gasteiger partial charge in [0.2, 0.25) is 0 Å². The Balaban J connectivity index is 0. The standard InChI is InChI=1S/C4H7NO4.C3H4N2.CH3NO2/c5-2(4(8)9)1-3(6)7;1-2-5-3-4-1;2-1(3)4/h2H,1,5H2,(H,6,7)(H,8,9);1-3H,(H,4,5);2H2,(H,3,4)/t2-;;/m0../s1. The Morgan fingerprint density at radius 1 is 1.28 bits per heavy atom. The minimum Gasteiger partial charge on any atom is -0.481 e. The van der Waals surface area contributed by atoms with Crippen molar-refractivity contribution in [3.8, 4) is 0 Å². The summed E-state index contributed by atoms with van der Waals surface area (Å²) < 4.78 is 0. The molecule has 1 aromatic rings. The fourth-order valence-electron chi connectivity index (χ4n) is 0.491. The number of nitrogens with zero attached hydrogens (tertiary/aromatic N) is 1. The molecule has 10 nitrogen and oxygen atoms in total. The summed E-state index contributed by atoms with van der Waals surface area (Å²) in [5.74, 6) is -2.50. The fraction of sp³-hybridized carbons (Fsp3) is 0.250. The number of amides is 1. The molecule has 0 saturated heterocycles. The van der Waals surface area contributed by atoms with E-state index in [1.165, 1.54) is 0 Å². The largest absolute Gasteiger partial charge is 0.481 e. The monoisotopic (exact) mass is 262 g/mol. The number of carboxylic acids is 2. The molecule has 102 valence electrons. The van der Waals surface area contributed by atoms with E-state index in [9.17, 15) is 9.59 Å². The molecule has 0 saturated carbocycles. The van der Waals surface area contributed by atoms with Crippen LogP contribution >= 0.6 is 0 Å². The topological polar surface area (TPSA) is 193 Å². The number of primary amides is 1. The maximum absolute atomic E-state index is 9.85. The van der Waals surface area contributed by atoms with Gasteiger partial charge in [-0.25, -0.2) is 9.78 Å². The van der Waals surface area contributed by atoms with Crippen LogP contribution in [0, 0.1) is 0 Å². The zero-order valence-corrected chi connectivity index (χ0v) is 9.18. The molecule has 0 aromatic carbocycles. The highest BCUT2D eigenvalue weighted by Crippen LogP contribution is 1.86. The SMILES string of the molecule is NC(=O)O.N[C@@H](CC(=O)O)C(=O)O.c1c[nH]cn1. The molecular weight excluding hydrogens is 248 g/mol. The van der Waals surface area contributed by atoms with E-state index < -0.39 is 30.5 Å². The van der Waals surface area contributed by atoms with Gasteiger partial charge in [0, 0.05) is 12.4 Å². The molecule has 1 aromatic heterocycles. The number of hydrogen-bond donors (Lipinski definition) is 6. The van der Waals surface area contributed by atoms with Gasteiger partial charge in [0.25, 0.3) is 0 Å². The van der Waals surface area contributed by atoms with Crippen molar-refractivity contribution in [1.29, 1.82) is 0 Å². The predicted octanol–water partition coefficient (Wildman–Crippen LogP) is -1.09. The molecule has 1 amide bonds. The Morgan fingerprint density at radius 2 is 1.78 bits per heavy atom. The summed E-state index contributed by atoms with van der Waals surface area (Å²) in [5.41, 5.74) is 8.86. The molecule has 10 heteroatoms. The summed E-state index contributed by atoms with van der Waals surface area (Å²) in [7, 11) is 0. The van der Waals surface area contributed by atoms with Crippen molar-refractivity contribution in [2.24, 2.45) is 11.5 Å². The minimum atomic E-state index is -1.33. The van der Waals surface area contributed by atoms with Crippen LogP contribution in [-0.4, -0.2) is 49.4 Å². The third-order valence-corrected chi connectivity index (χ3v) is 1.12. The number of aliphatic carboxylic acids is 2. The number of carbonyl (C=O) groups is 3. The molecule has 0 unspecified atom stereocenters. The maximum Gasteiger partial charge on any atom is 0.402 e. The molecule has 0 spiro atoms. The van der Waals surface area contributed by atoms with Crippen LogP contribution in [0.4, 0.5) is 4.79 Å². The zero-order chi connectivity index (χ0) is 14.6. The van der Waals surface area contributed by atoms with Crippen LogP contribution in [0.1, 0.15) is 6.42 Å². The van der Waals surface area contributed by atoms with Crippen molar-refractivity contribution >= 4 is 18.0 Å². The average Bonchev–Trinajstić information content (AvgIpc) is 2.72. The second-order valence-corrected chi connectivity index (χ2v) is 2.64. The highest BCUT2D eigenvalue weighted by molar-refractivity contribution is 5.80. The van der Waals surface area contributed by atoms with Gasteiger partial charge in [-0.2, -0.15) is 0 Å². The number of nitrogens with one attached hydrogen (secondary N) is 1.